The normalized spacial score (nSPS) is 12.3. The highest BCUT2D eigenvalue weighted by molar-refractivity contribution is 7.99. The molecule has 0 aliphatic rings. The Hall–Kier alpha value is -2.48. The molecule has 0 radical (unpaired) electrons. The van der Waals surface area contributed by atoms with Crippen molar-refractivity contribution in [3.05, 3.63) is 53.1 Å². The Bertz CT molecular complexity index is 909. The molecule has 1 unspecified atom stereocenters. The molecule has 130 valence electrons. The average molecular weight is 359 g/mol. The first-order valence-corrected chi connectivity index (χ1v) is 8.79. The fourth-order valence-electron chi connectivity index (χ4n) is 2.54. The van der Waals surface area contributed by atoms with Gasteiger partial charge in [0.15, 0.2) is 5.16 Å². The molecule has 1 amide bonds. The van der Waals surface area contributed by atoms with Crippen LogP contribution in [0.5, 0.6) is 0 Å². The van der Waals surface area contributed by atoms with Gasteiger partial charge in [0.1, 0.15) is 5.82 Å². The molecule has 8 heteroatoms. The number of aromatic nitrogens is 4. The molecule has 3 rings (SSSR count). The van der Waals surface area contributed by atoms with Crippen molar-refractivity contribution >= 4 is 23.4 Å². The number of rotatable bonds is 5. The maximum atomic E-state index is 13.0. The maximum absolute atomic E-state index is 13.0. The van der Waals surface area contributed by atoms with Gasteiger partial charge in [-0.15, -0.1) is 10.2 Å². The van der Waals surface area contributed by atoms with Crippen molar-refractivity contribution in [1.82, 2.24) is 24.9 Å². The number of fused-ring (bicyclic) bond motifs is 1. The largest absolute Gasteiger partial charge is 0.349 e. The molecule has 2 heterocycles. The van der Waals surface area contributed by atoms with E-state index in [-0.39, 0.29) is 23.5 Å². The molecule has 3 aromatic rings. The Balaban J connectivity index is 1.63. The van der Waals surface area contributed by atoms with Crippen LogP contribution in [-0.2, 0) is 4.79 Å². The predicted octanol–water partition coefficient (Wildman–Crippen LogP) is 2.85. The number of nitrogens with zero attached hydrogens (tertiary/aromatic N) is 4. The van der Waals surface area contributed by atoms with Gasteiger partial charge in [-0.25, -0.2) is 9.37 Å². The zero-order valence-corrected chi connectivity index (χ0v) is 15.0. The zero-order chi connectivity index (χ0) is 18.0. The number of hydrogen-bond acceptors (Lipinski definition) is 5. The van der Waals surface area contributed by atoms with Crippen molar-refractivity contribution in [2.75, 3.05) is 5.75 Å². The van der Waals surface area contributed by atoms with Crippen LogP contribution in [0.25, 0.3) is 5.78 Å². The number of carbonyl (C=O) groups is 1. The summed E-state index contributed by atoms with van der Waals surface area (Å²) in [5, 5.41) is 11.7. The molecule has 0 saturated carbocycles. The second-order valence-electron chi connectivity index (χ2n) is 5.79. The number of thioether (sulfide) groups is 1. The van der Waals surface area contributed by atoms with E-state index in [1.807, 2.05) is 31.2 Å². The summed E-state index contributed by atoms with van der Waals surface area (Å²) < 4.78 is 14.8. The lowest BCUT2D eigenvalue weighted by Crippen LogP contribution is -2.28. The first-order chi connectivity index (χ1) is 11.9. The van der Waals surface area contributed by atoms with Crippen LogP contribution < -0.4 is 5.32 Å². The van der Waals surface area contributed by atoms with Gasteiger partial charge in [-0.05, 0) is 44.5 Å². The minimum Gasteiger partial charge on any atom is -0.349 e. The zero-order valence-electron chi connectivity index (χ0n) is 14.2. The van der Waals surface area contributed by atoms with Crippen LogP contribution >= 0.6 is 11.8 Å². The molecular weight excluding hydrogens is 341 g/mol. The summed E-state index contributed by atoms with van der Waals surface area (Å²) in [4.78, 5) is 16.5. The van der Waals surface area contributed by atoms with Crippen molar-refractivity contribution < 1.29 is 9.18 Å². The molecule has 1 atom stereocenters. The number of aryl methyl sites for hydroxylation is 2. The van der Waals surface area contributed by atoms with Crippen molar-refractivity contribution in [3.63, 3.8) is 0 Å². The summed E-state index contributed by atoms with van der Waals surface area (Å²) in [7, 11) is 0. The molecule has 0 saturated heterocycles. The van der Waals surface area contributed by atoms with Crippen molar-refractivity contribution in [2.24, 2.45) is 0 Å². The van der Waals surface area contributed by atoms with E-state index in [9.17, 15) is 9.18 Å². The smallest absolute Gasteiger partial charge is 0.256 e. The topological polar surface area (TPSA) is 72.2 Å². The van der Waals surface area contributed by atoms with Gasteiger partial charge in [0.05, 0.1) is 11.8 Å². The second kappa shape index (κ2) is 7.18. The maximum Gasteiger partial charge on any atom is 0.256 e. The molecule has 6 nitrogen and oxygen atoms in total. The molecule has 1 N–H and O–H groups in total. The number of amides is 1. The number of carbonyl (C=O) groups excluding carboxylic acids is 1. The molecule has 2 aromatic heterocycles. The second-order valence-corrected chi connectivity index (χ2v) is 6.73. The number of halogens is 1. The van der Waals surface area contributed by atoms with Gasteiger partial charge < -0.3 is 5.32 Å². The van der Waals surface area contributed by atoms with E-state index in [4.69, 9.17) is 0 Å². The molecule has 25 heavy (non-hydrogen) atoms. The lowest BCUT2D eigenvalue weighted by atomic mass is 10.1. The van der Waals surface area contributed by atoms with Crippen LogP contribution in [0.2, 0.25) is 0 Å². The standard InChI is InChI=1S/C17H18FN5OS/c1-10-8-11(2)23-16(19-10)21-22-17(23)25-9-15(24)20-12(3)13-4-6-14(18)7-5-13/h4-8,12H,9H2,1-3H3,(H,20,24). The van der Waals surface area contributed by atoms with Gasteiger partial charge in [0.25, 0.3) is 5.78 Å². The Morgan fingerprint density at radius 2 is 2.00 bits per heavy atom. The summed E-state index contributed by atoms with van der Waals surface area (Å²) >= 11 is 1.30. The van der Waals surface area contributed by atoms with Gasteiger partial charge in [0.2, 0.25) is 5.91 Å². The van der Waals surface area contributed by atoms with Crippen LogP contribution in [-0.4, -0.2) is 31.2 Å². The van der Waals surface area contributed by atoms with E-state index in [0.29, 0.717) is 10.9 Å². The highest BCUT2D eigenvalue weighted by Gasteiger charge is 2.14. The van der Waals surface area contributed by atoms with Gasteiger partial charge in [-0.1, -0.05) is 23.9 Å². The fraction of sp³-hybridized carbons (Fsp3) is 0.294. The number of nitrogens with one attached hydrogen (secondary N) is 1. The summed E-state index contributed by atoms with van der Waals surface area (Å²) in [6, 6.07) is 7.83. The van der Waals surface area contributed by atoms with E-state index in [2.05, 4.69) is 20.5 Å². The summed E-state index contributed by atoms with van der Waals surface area (Å²) in [6.45, 7) is 5.71. The molecule has 1 aromatic carbocycles. The van der Waals surface area contributed by atoms with Gasteiger partial charge in [-0.2, -0.15) is 0 Å². The van der Waals surface area contributed by atoms with Gasteiger partial charge in [0, 0.05) is 11.4 Å². The van der Waals surface area contributed by atoms with Crippen molar-refractivity contribution in [1.29, 1.82) is 0 Å². The van der Waals surface area contributed by atoms with Crippen LogP contribution in [0.3, 0.4) is 0 Å². The SMILES string of the molecule is Cc1cc(C)n2c(SCC(=O)NC(C)c3ccc(F)cc3)nnc2n1. The summed E-state index contributed by atoms with van der Waals surface area (Å²) in [5.74, 6) is 0.312. The van der Waals surface area contributed by atoms with E-state index >= 15 is 0 Å². The molecule has 0 fully saturated rings. The Kier molecular flexibility index (Phi) is 4.98. The van der Waals surface area contributed by atoms with E-state index < -0.39 is 0 Å². The van der Waals surface area contributed by atoms with Crippen LogP contribution in [0, 0.1) is 19.7 Å². The third-order valence-corrected chi connectivity index (χ3v) is 4.67. The third-order valence-electron chi connectivity index (χ3n) is 3.74. The number of hydrogen-bond donors (Lipinski definition) is 1. The molecular formula is C17H18FN5OS. The fourth-order valence-corrected chi connectivity index (χ4v) is 3.34. The highest BCUT2D eigenvalue weighted by atomic mass is 32.2. The molecule has 0 aliphatic carbocycles. The first-order valence-electron chi connectivity index (χ1n) is 7.81. The minimum atomic E-state index is -0.296. The quantitative estimate of drug-likeness (QED) is 0.709. The van der Waals surface area contributed by atoms with E-state index in [1.54, 1.807) is 12.1 Å². The van der Waals surface area contributed by atoms with Crippen LogP contribution in [0.1, 0.15) is 29.9 Å². The Morgan fingerprint density at radius 3 is 2.72 bits per heavy atom. The third kappa shape index (κ3) is 3.96. The lowest BCUT2D eigenvalue weighted by molar-refractivity contribution is -0.119. The Morgan fingerprint density at radius 1 is 1.28 bits per heavy atom. The predicted molar refractivity (Wildman–Crippen MR) is 93.9 cm³/mol. The summed E-state index contributed by atoms with van der Waals surface area (Å²) in [6.07, 6.45) is 0. The molecule has 0 aliphatic heterocycles. The minimum absolute atomic E-state index is 0.128. The van der Waals surface area contributed by atoms with Gasteiger partial charge in [-0.3, -0.25) is 9.20 Å². The monoisotopic (exact) mass is 359 g/mol. The highest BCUT2D eigenvalue weighted by Crippen LogP contribution is 2.19. The first kappa shape index (κ1) is 17.3. The van der Waals surface area contributed by atoms with E-state index in [0.717, 1.165) is 17.0 Å². The summed E-state index contributed by atoms with van der Waals surface area (Å²) in [5.41, 5.74) is 2.69. The van der Waals surface area contributed by atoms with E-state index in [1.165, 1.54) is 23.9 Å². The van der Waals surface area contributed by atoms with Crippen molar-refractivity contribution in [3.8, 4) is 0 Å². The van der Waals surface area contributed by atoms with Gasteiger partial charge >= 0.3 is 0 Å². The number of benzene rings is 1. The van der Waals surface area contributed by atoms with Crippen molar-refractivity contribution in [2.45, 2.75) is 32.0 Å². The average Bonchev–Trinajstić information content (AvgIpc) is 2.96. The lowest BCUT2D eigenvalue weighted by Gasteiger charge is -2.14. The van der Waals surface area contributed by atoms with Crippen LogP contribution in [0.15, 0.2) is 35.5 Å². The molecule has 0 spiro atoms. The molecule has 0 bridgehead atoms. The Labute approximate surface area is 148 Å². The van der Waals surface area contributed by atoms with Crippen LogP contribution in [0.4, 0.5) is 4.39 Å².